The Balaban J connectivity index is 0. The Morgan fingerprint density at radius 3 is 0.949 bits per heavy atom. The lowest BCUT2D eigenvalue weighted by atomic mass is 10.0. The molecule has 0 bridgehead atoms. The first kappa shape index (κ1) is 56.5. The minimum atomic E-state index is -3.74. The van der Waals surface area contributed by atoms with Crippen LogP contribution in [0.3, 0.4) is 0 Å². The van der Waals surface area contributed by atoms with Gasteiger partial charge in [-0.3, -0.25) is 43.3 Å². The third kappa shape index (κ3) is 53.4. The number of alkyl halides is 2. The number of rotatable bonds is 24. The van der Waals surface area contributed by atoms with E-state index in [1.54, 1.807) is 39.3 Å². The van der Waals surface area contributed by atoms with E-state index in [0.29, 0.717) is 0 Å². The van der Waals surface area contributed by atoms with Gasteiger partial charge in [-0.2, -0.15) is 4.79 Å². The monoisotopic (exact) mass is 2140 g/mol. The average molecular weight is 2150 g/mol. The minimum absolute atomic E-state index is 0. The molecule has 13 fully saturated rings. The third-order valence-corrected chi connectivity index (χ3v) is 35.3. The summed E-state index contributed by atoms with van der Waals surface area (Å²) in [4.78, 5) is 125. The number of fused-ring (bicyclic) bond motifs is 4. The molecule has 13 heterocycles. The Labute approximate surface area is 917 Å². The predicted octanol–water partition coefficient (Wildman–Crippen LogP) is 9.34. The Morgan fingerprint density at radius 1 is 0.412 bits per heavy atom. The van der Waals surface area contributed by atoms with Crippen LogP contribution in [0.15, 0.2) is 0 Å². The van der Waals surface area contributed by atoms with Crippen LogP contribution in [0.1, 0.15) is 307 Å². The van der Waals surface area contributed by atoms with Gasteiger partial charge >= 0.3 is 12.3 Å². The topological polar surface area (TPSA) is 560 Å². The van der Waals surface area contributed by atoms with E-state index in [9.17, 15) is 68.4 Å². The molecule has 0 saturated carbocycles. The van der Waals surface area contributed by atoms with Crippen molar-refractivity contribution in [2.45, 2.75) is 333 Å². The lowest BCUT2D eigenvalue weighted by Gasteiger charge is -2.36. The molecule has 0 spiro atoms. The SMILES string of the molecule is C1CCOC1.C1CCOC1.ClCCl.O.O=C(ON1C(=O)CCC1=O)ON1C(=O)CCC1=O.[2H]C(=O)C([2H])([2H])C([2H])([2H])C([2H])([2H])O[Si](C)(C)C(C)(C)C.[2H]C(=O)C([2H])([2H])O[Si](C)(C)C(C)(C)C.[2H]C([2H])(O)C([2H])([2H])C([2H])([2H])C([2H])([2H])O.[2H]C([2H])(O)C([2H])([2H])C([2H])([2H])C([2H])([2H])O[Si](C)(C)C(C)(C)C.[2H]C([2H])(O)C([2H])([2H])O.[2H]C([2H])(O)C([2H])([2H])O[Si](C)(C)C(C)(C)C.[2H]C1([2H])O[C@]2([2H])OC([2H])([2H])[C@@]([2H])(O)[C@]2([2H])C1([2H])[2H].[2H]C1([2H])O[C@]2([2H])OC([2H])([2H])[C@]([2H])(O)[C@]2([2H])C1([2H])[2H].[2H]C1([2H])O[C@]2([2H])OC([2H])([2H])[C@]([2H])(O)[C@]2([2H])C1([2H])[2H].[2H]C1([2H])O[C@]2([2H])OC([2H])([2H])[C@]([2H])(OC(=O)ON3C(=O)CCC3=O)[C@]2([2H])C1([2H])[2H]. The Hall–Kier alpha value is -4.21. The van der Waals surface area contributed by atoms with Crippen LogP contribution in [0.5, 0.6) is 0 Å². The summed E-state index contributed by atoms with van der Waals surface area (Å²) in [7, 11) is -10.2. The maximum absolute atomic E-state index is 12.0. The van der Waals surface area contributed by atoms with Crippen LogP contribution in [-0.2, 0) is 123 Å². The highest BCUT2D eigenvalue weighted by molar-refractivity contribution is 6.75. The highest BCUT2D eigenvalue weighted by Crippen LogP contribution is 2.41. The Kier molecular flexibility index (Phi) is 29.6. The molecule has 47 heteroatoms. The van der Waals surface area contributed by atoms with E-state index in [0.717, 1.165) is 26.4 Å². The number of ether oxygens (including phenoxy) is 11. The second kappa shape index (κ2) is 71.3. The van der Waals surface area contributed by atoms with Crippen molar-refractivity contribution in [2.24, 2.45) is 23.6 Å². The normalized spacial score (nSPS) is 44.6. The molecule has 13 rings (SSSR count). The first-order chi connectivity index (χ1) is 88.6. The van der Waals surface area contributed by atoms with Gasteiger partial charge < -0.3 is 131 Å². The summed E-state index contributed by atoms with van der Waals surface area (Å²) in [5.74, 6) is -18.2. The summed E-state index contributed by atoms with van der Waals surface area (Å²) in [5.41, 5.74) is 0. The number of halogens is 2. The molecule has 13 saturated heterocycles. The quantitative estimate of drug-likeness (QED) is 0.0143. The minimum Gasteiger partial charge on any atom is -0.426 e. The number of hydrogen-bond donors (Lipinski definition) is 9. The Bertz CT molecular complexity index is 6360. The number of aldehydes is 2. The summed E-state index contributed by atoms with van der Waals surface area (Å²) in [6.45, 7) is -17.0. The van der Waals surface area contributed by atoms with E-state index in [1.165, 1.54) is 25.7 Å². The van der Waals surface area contributed by atoms with Gasteiger partial charge in [0.05, 0.1) is 175 Å². The van der Waals surface area contributed by atoms with E-state index in [2.05, 4.69) is 57.1 Å². The van der Waals surface area contributed by atoms with Gasteiger partial charge in [-0.1, -0.05) is 98.3 Å². The molecule has 13 aliphatic rings. The highest BCUT2D eigenvalue weighted by Gasteiger charge is 2.48. The van der Waals surface area contributed by atoms with Crippen LogP contribution < -0.4 is 0 Å². The summed E-state index contributed by atoms with van der Waals surface area (Å²) >= 11 is 9.53. The fourth-order valence-electron chi connectivity index (χ4n) is 7.17. The Morgan fingerprint density at radius 2 is 0.684 bits per heavy atom. The third-order valence-electron chi connectivity index (χ3n) is 18.4. The number of hydrogen-bond acceptors (Lipinski definition) is 37. The molecule has 12 atom stereocenters. The molecule has 13 aliphatic heterocycles. The van der Waals surface area contributed by atoms with Gasteiger partial charge in [0.25, 0.3) is 35.4 Å². The van der Waals surface area contributed by atoms with E-state index in [4.69, 9.17) is 172 Å². The molecule has 800 valence electrons. The number of nitrogens with zero attached hydrogens (tertiary/aromatic N) is 3. The molecular formula is C89H171Cl2N3O38Si4. The van der Waals surface area contributed by atoms with Crippen molar-refractivity contribution in [3.8, 4) is 0 Å². The number of amides is 6. The van der Waals surface area contributed by atoms with Crippen LogP contribution >= 0.6 is 23.2 Å². The molecule has 0 aromatic heterocycles. The fraction of sp³-hybridized carbons (Fsp3) is 0.888. The standard InChI is InChI=1S/C11H13NO7.C10H24O2Si.C10H22O2Si.C9H8N2O7.C8H20O2Si.C8H18O2Si.3C6H10O3.C4H10O2.2C4H8O.C2H6O2.CH2Cl2.H2O/c13-8-1-2-9(14)12(8)19-11(15)18-7-5-17-10-6(7)3-4-16-10;2*1-10(2,3)13(4,5)12-9-7-6-8-11;12-5-1-2-6(13)10(5)17-9(16)18-11-7(14)3-4-8(11)15;2*1-8(2,3)11(4,5)10-7-6-9;3*7-5-3-9-6-4(5)1-2-8-6;5-3-1-2-4-6;2*1-2-4-5-3-1;3-1-2-4;2-1-3;/h6-7,10H,1-5H2;11H,6-9H2,1-5H3;8H,6-7,9H2,1-5H3;1-4H2;9H,6-7H2,1-5H3;6H,7H2,1-5H3;3*4-7H,1-3H2;5-6H,1-4H2;2*1-4H2;3-4H,1-2H2;1H2;1H2/t6-,7-,10+;;;;;;4-,5+,6+;2*4-,5-,6+;;;;;;/m0.....000....../s1/i3D2,4D2,5D2,6D,7D,10D;6D2,7D2,8D2,9D2;6D2,7D2,8D,9D2;;6D2,7D2;6D,7D2;3*1D2,2D2,3D2,4D,5D,6D;1D2,2D2,3D2,4D2;;;1D2,2D2;;. The average Bonchev–Trinajstić information content (AvgIpc) is 1.49. The molecule has 6 amide bonds. The van der Waals surface area contributed by atoms with Gasteiger partial charge in [0.1, 0.15) is 21.3 Å². The molecule has 0 aliphatic carbocycles. The van der Waals surface area contributed by atoms with Crippen LogP contribution in [0.4, 0.5) is 9.59 Å². The van der Waals surface area contributed by atoms with Crippen LogP contribution in [0.25, 0.3) is 0 Å². The second-order valence-corrected chi connectivity index (χ2v) is 51.7. The maximum Gasteiger partial charge on any atom is 0.560 e. The van der Waals surface area contributed by atoms with Crippen LogP contribution in [0, 0.1) is 23.6 Å². The lowest BCUT2D eigenvalue weighted by Crippen LogP contribution is -2.41. The van der Waals surface area contributed by atoms with Crippen molar-refractivity contribution in [2.75, 3.05) is 150 Å². The smallest absolute Gasteiger partial charge is 0.426 e. The van der Waals surface area contributed by atoms with E-state index in [-0.39, 0.29) is 74.6 Å². The first-order valence-electron chi connectivity index (χ1n) is 74.2. The highest BCUT2D eigenvalue weighted by atomic mass is 35.5. The second-order valence-electron chi connectivity index (χ2n) is 32.0. The van der Waals surface area contributed by atoms with Gasteiger partial charge in [0.15, 0.2) is 58.3 Å². The number of imide groups is 3. The van der Waals surface area contributed by atoms with Crippen molar-refractivity contribution >= 4 is 117 Å². The molecule has 0 unspecified atom stereocenters. The zero-order valence-electron chi connectivity index (χ0n) is 148. The van der Waals surface area contributed by atoms with E-state index >= 15 is 0 Å². The largest absolute Gasteiger partial charge is 0.560 e. The van der Waals surface area contributed by atoms with Crippen LogP contribution in [0.2, 0.25) is 72.5 Å². The molecule has 0 aromatic rings. The molecule has 0 radical (unpaired) electrons. The zero-order chi connectivity index (χ0) is 166. The molecular weight excluding hydrogens is 1900 g/mol. The van der Waals surface area contributed by atoms with Crippen molar-refractivity contribution in [1.82, 2.24) is 15.2 Å². The lowest BCUT2D eigenvalue weighted by molar-refractivity contribution is -0.198. The van der Waals surface area contributed by atoms with Crippen molar-refractivity contribution in [3.63, 3.8) is 0 Å². The van der Waals surface area contributed by atoms with Crippen molar-refractivity contribution < 1.29 is 280 Å². The van der Waals surface area contributed by atoms with Crippen molar-refractivity contribution in [1.29, 1.82) is 0 Å². The summed E-state index contributed by atoms with van der Waals surface area (Å²) in [5, 5.41) is 80.5. The number of carbonyl (C=O) groups excluding carboxylic acids is 10. The summed E-state index contributed by atoms with van der Waals surface area (Å²) in [6.07, 6.45) is -63.8. The first-order valence-corrected chi connectivity index (χ1v) is 51.9. The van der Waals surface area contributed by atoms with Gasteiger partial charge in [-0.25, -0.2) is 4.79 Å². The fourth-order valence-corrected chi connectivity index (χ4v) is 9.61. The summed E-state index contributed by atoms with van der Waals surface area (Å²) in [6, 6.07) is 0. The predicted molar refractivity (Wildman–Crippen MR) is 511 cm³/mol. The maximum atomic E-state index is 12.0. The van der Waals surface area contributed by atoms with Gasteiger partial charge in [-0.15, -0.1) is 23.2 Å². The number of carbonyl (C=O) groups is 10. The molecule has 11 N–H and O–H groups in total. The van der Waals surface area contributed by atoms with Gasteiger partial charge in [0.2, 0.25) is 0 Å². The molecule has 136 heavy (non-hydrogen) atoms. The van der Waals surface area contributed by atoms with Crippen LogP contribution in [-0.4, -0.2) is 359 Å². The van der Waals surface area contributed by atoms with Gasteiger partial charge in [0, 0.05) is 155 Å². The number of aliphatic hydroxyl groups is 9. The van der Waals surface area contributed by atoms with Crippen molar-refractivity contribution in [3.05, 3.63) is 0 Å². The summed E-state index contributed by atoms with van der Waals surface area (Å²) < 4.78 is 582. The number of hydroxylamine groups is 6. The van der Waals surface area contributed by atoms with E-state index in [1.807, 2.05) is 96.2 Å². The molecule has 41 nitrogen and oxygen atoms in total. The van der Waals surface area contributed by atoms with Gasteiger partial charge in [-0.05, 0) is 156 Å². The molecule has 0 aromatic carbocycles. The van der Waals surface area contributed by atoms with E-state index < -0.39 is 358 Å². The zero-order valence-corrected chi connectivity index (χ0v) is 83.2.